The first-order valence-electron chi connectivity index (χ1n) is 8.25. The lowest BCUT2D eigenvalue weighted by molar-refractivity contribution is -0.384. The van der Waals surface area contributed by atoms with Crippen molar-refractivity contribution < 1.29 is 14.5 Å². The average molecular weight is 349 g/mol. The summed E-state index contributed by atoms with van der Waals surface area (Å²) in [5.41, 5.74) is 6.17. The molecule has 2 rings (SSSR count). The highest BCUT2D eigenvalue weighted by atomic mass is 16.6. The number of hydrazine groups is 1. The number of nitro benzene ring substituents is 1. The summed E-state index contributed by atoms with van der Waals surface area (Å²) < 4.78 is 0. The molecule has 1 aromatic rings. The molecular formula is C16H23N5O4. The van der Waals surface area contributed by atoms with Crippen LogP contribution in [-0.4, -0.2) is 46.0 Å². The summed E-state index contributed by atoms with van der Waals surface area (Å²) in [7, 11) is 0. The maximum atomic E-state index is 12.5. The van der Waals surface area contributed by atoms with Crippen molar-refractivity contribution >= 4 is 23.3 Å². The highest BCUT2D eigenvalue weighted by Crippen LogP contribution is 2.20. The molecule has 0 bridgehead atoms. The predicted octanol–water partition coefficient (Wildman–Crippen LogP) is 1.95. The molecule has 9 nitrogen and oxygen atoms in total. The SMILES string of the molecule is CCC(C)[C@H](N)C(=O)N1CCCN1C(=O)Nc1cccc([N+](=O)[O-])c1. The zero-order chi connectivity index (χ0) is 18.6. The molecule has 1 aliphatic heterocycles. The molecule has 1 fully saturated rings. The average Bonchev–Trinajstić information content (AvgIpc) is 3.09. The van der Waals surface area contributed by atoms with Gasteiger partial charge in [-0.05, 0) is 18.4 Å². The number of nitrogens with zero attached hydrogens (tertiary/aromatic N) is 3. The Morgan fingerprint density at radius 2 is 2.04 bits per heavy atom. The molecule has 9 heteroatoms. The highest BCUT2D eigenvalue weighted by Gasteiger charge is 2.34. The Bertz CT molecular complexity index is 666. The molecule has 0 saturated carbocycles. The number of carbonyl (C=O) groups excluding carboxylic acids is 2. The molecule has 1 aliphatic rings. The second-order valence-electron chi connectivity index (χ2n) is 6.09. The lowest BCUT2D eigenvalue weighted by atomic mass is 9.99. The normalized spacial score (nSPS) is 16.4. The number of nitrogens with one attached hydrogen (secondary N) is 1. The van der Waals surface area contributed by atoms with Gasteiger partial charge in [0.25, 0.3) is 11.6 Å². The summed E-state index contributed by atoms with van der Waals surface area (Å²) in [6.45, 7) is 4.66. The number of hydrogen-bond acceptors (Lipinski definition) is 5. The Balaban J connectivity index is 2.09. The predicted molar refractivity (Wildman–Crippen MR) is 92.6 cm³/mol. The zero-order valence-corrected chi connectivity index (χ0v) is 14.3. The standard InChI is InChI=1S/C16H23N5O4/c1-3-11(2)14(17)15(22)19-8-5-9-20(19)16(23)18-12-6-4-7-13(10-12)21(24)25/h4,6-7,10-11,14H,3,5,8-9,17H2,1-2H3,(H,18,23)/t11?,14-/m0/s1. The second kappa shape index (κ2) is 7.93. The van der Waals surface area contributed by atoms with Gasteiger partial charge in [-0.15, -0.1) is 0 Å². The number of rotatable bonds is 5. The van der Waals surface area contributed by atoms with Crippen molar-refractivity contribution in [3.8, 4) is 0 Å². The van der Waals surface area contributed by atoms with Gasteiger partial charge in [-0.1, -0.05) is 26.3 Å². The van der Waals surface area contributed by atoms with Crippen LogP contribution in [0.4, 0.5) is 16.2 Å². The number of nitrogens with two attached hydrogens (primary N) is 1. The molecule has 2 atom stereocenters. The van der Waals surface area contributed by atoms with E-state index in [0.717, 1.165) is 6.42 Å². The third kappa shape index (κ3) is 4.24. The Hall–Kier alpha value is -2.68. The van der Waals surface area contributed by atoms with E-state index in [4.69, 9.17) is 5.73 Å². The van der Waals surface area contributed by atoms with E-state index in [0.29, 0.717) is 25.2 Å². The van der Waals surface area contributed by atoms with Gasteiger partial charge >= 0.3 is 6.03 Å². The maximum Gasteiger partial charge on any atom is 0.340 e. The molecule has 3 amide bonds. The lowest BCUT2D eigenvalue weighted by Gasteiger charge is -2.31. The first-order valence-corrected chi connectivity index (χ1v) is 8.25. The van der Waals surface area contributed by atoms with E-state index in [1.54, 1.807) is 6.07 Å². The maximum absolute atomic E-state index is 12.5. The molecule has 1 unspecified atom stereocenters. The van der Waals surface area contributed by atoms with Gasteiger partial charge in [0.05, 0.1) is 11.0 Å². The molecule has 1 saturated heterocycles. The van der Waals surface area contributed by atoms with Crippen molar-refractivity contribution in [1.82, 2.24) is 10.0 Å². The Kier molecular flexibility index (Phi) is 5.92. The minimum absolute atomic E-state index is 0.00906. The van der Waals surface area contributed by atoms with E-state index in [1.807, 2.05) is 13.8 Å². The van der Waals surface area contributed by atoms with Crippen LogP contribution in [0.25, 0.3) is 0 Å². The second-order valence-corrected chi connectivity index (χ2v) is 6.09. The van der Waals surface area contributed by atoms with E-state index in [9.17, 15) is 19.7 Å². The van der Waals surface area contributed by atoms with Gasteiger partial charge in [-0.2, -0.15) is 0 Å². The van der Waals surface area contributed by atoms with Crippen molar-refractivity contribution in [3.63, 3.8) is 0 Å². The van der Waals surface area contributed by atoms with Crippen LogP contribution in [-0.2, 0) is 4.79 Å². The Morgan fingerprint density at radius 3 is 2.68 bits per heavy atom. The van der Waals surface area contributed by atoms with Crippen LogP contribution in [0, 0.1) is 16.0 Å². The number of benzene rings is 1. The van der Waals surface area contributed by atoms with Crippen LogP contribution >= 0.6 is 0 Å². The Morgan fingerprint density at radius 1 is 1.36 bits per heavy atom. The van der Waals surface area contributed by atoms with E-state index in [-0.39, 0.29) is 17.5 Å². The summed E-state index contributed by atoms with van der Waals surface area (Å²) in [5, 5.41) is 16.1. The molecule has 0 spiro atoms. The van der Waals surface area contributed by atoms with Gasteiger partial charge in [0.2, 0.25) is 0 Å². The van der Waals surface area contributed by atoms with Crippen LogP contribution in [0.15, 0.2) is 24.3 Å². The van der Waals surface area contributed by atoms with Crippen LogP contribution in [0.5, 0.6) is 0 Å². The number of urea groups is 1. The van der Waals surface area contributed by atoms with Gasteiger partial charge in [0.1, 0.15) is 0 Å². The number of non-ortho nitro benzene ring substituents is 1. The monoisotopic (exact) mass is 349 g/mol. The summed E-state index contributed by atoms with van der Waals surface area (Å²) in [6.07, 6.45) is 1.42. The van der Waals surface area contributed by atoms with Crippen molar-refractivity contribution in [2.45, 2.75) is 32.7 Å². The molecule has 136 valence electrons. The first-order chi connectivity index (χ1) is 11.8. The van der Waals surface area contributed by atoms with Crippen LogP contribution in [0.3, 0.4) is 0 Å². The van der Waals surface area contributed by atoms with Crippen LogP contribution < -0.4 is 11.1 Å². The number of nitro groups is 1. The quantitative estimate of drug-likeness (QED) is 0.621. The molecule has 1 heterocycles. The third-order valence-corrected chi connectivity index (χ3v) is 4.37. The van der Waals surface area contributed by atoms with E-state index < -0.39 is 17.0 Å². The number of carbonyl (C=O) groups is 2. The molecule has 0 aliphatic carbocycles. The molecule has 0 aromatic heterocycles. The summed E-state index contributed by atoms with van der Waals surface area (Å²) in [5.74, 6) is -0.282. The third-order valence-electron chi connectivity index (χ3n) is 4.37. The molecule has 3 N–H and O–H groups in total. The van der Waals surface area contributed by atoms with Crippen LogP contribution in [0.2, 0.25) is 0 Å². The van der Waals surface area contributed by atoms with Crippen molar-refractivity contribution in [2.75, 3.05) is 18.4 Å². The number of hydrogen-bond donors (Lipinski definition) is 2. The van der Waals surface area contributed by atoms with Crippen molar-refractivity contribution in [3.05, 3.63) is 34.4 Å². The van der Waals surface area contributed by atoms with Gasteiger partial charge in [0, 0.05) is 30.9 Å². The molecule has 0 radical (unpaired) electrons. The number of amides is 3. The fourth-order valence-corrected chi connectivity index (χ4v) is 2.61. The fourth-order valence-electron chi connectivity index (χ4n) is 2.61. The highest BCUT2D eigenvalue weighted by molar-refractivity contribution is 5.92. The molecule has 25 heavy (non-hydrogen) atoms. The van der Waals surface area contributed by atoms with Crippen molar-refractivity contribution in [1.29, 1.82) is 0 Å². The first kappa shape index (κ1) is 18.7. The molecular weight excluding hydrogens is 326 g/mol. The summed E-state index contributed by atoms with van der Waals surface area (Å²) >= 11 is 0. The van der Waals surface area contributed by atoms with Gasteiger partial charge in [0.15, 0.2) is 0 Å². The van der Waals surface area contributed by atoms with Gasteiger partial charge in [-0.3, -0.25) is 14.9 Å². The zero-order valence-electron chi connectivity index (χ0n) is 14.3. The minimum Gasteiger partial charge on any atom is -0.320 e. The van der Waals surface area contributed by atoms with E-state index in [2.05, 4.69) is 5.32 Å². The summed E-state index contributed by atoms with van der Waals surface area (Å²) in [4.78, 5) is 35.3. The molecule has 1 aromatic carbocycles. The Labute approximate surface area is 145 Å². The number of anilines is 1. The smallest absolute Gasteiger partial charge is 0.320 e. The van der Waals surface area contributed by atoms with Crippen molar-refractivity contribution in [2.24, 2.45) is 11.7 Å². The van der Waals surface area contributed by atoms with Gasteiger partial charge in [-0.25, -0.2) is 14.8 Å². The van der Waals surface area contributed by atoms with E-state index in [1.165, 1.54) is 28.2 Å². The van der Waals surface area contributed by atoms with Crippen LogP contribution in [0.1, 0.15) is 26.7 Å². The summed E-state index contributed by atoms with van der Waals surface area (Å²) in [6, 6.07) is 4.47. The van der Waals surface area contributed by atoms with E-state index >= 15 is 0 Å². The van der Waals surface area contributed by atoms with Gasteiger partial charge < -0.3 is 11.1 Å². The fraction of sp³-hybridized carbons (Fsp3) is 0.500. The topological polar surface area (TPSA) is 122 Å². The lowest BCUT2D eigenvalue weighted by Crippen LogP contribution is -2.53. The minimum atomic E-state index is -0.670. The largest absolute Gasteiger partial charge is 0.340 e.